The van der Waals surface area contributed by atoms with Crippen molar-refractivity contribution in [2.75, 3.05) is 16.4 Å². The van der Waals surface area contributed by atoms with Gasteiger partial charge in [0, 0.05) is 11.4 Å². The van der Waals surface area contributed by atoms with Gasteiger partial charge in [-0.15, -0.1) is 11.8 Å². The minimum Gasteiger partial charge on any atom is -0.325 e. The van der Waals surface area contributed by atoms with Gasteiger partial charge in [0.2, 0.25) is 11.8 Å². The van der Waals surface area contributed by atoms with E-state index in [0.717, 1.165) is 0 Å². The molecular weight excluding hydrogens is 341 g/mol. The monoisotopic (exact) mass is 357 g/mol. The summed E-state index contributed by atoms with van der Waals surface area (Å²) in [7, 11) is 0. The molecule has 2 aromatic rings. The fourth-order valence-corrected chi connectivity index (χ4v) is 2.60. The van der Waals surface area contributed by atoms with Gasteiger partial charge in [0.15, 0.2) is 0 Å². The fourth-order valence-electron chi connectivity index (χ4n) is 1.92. The number of nitrogens with one attached hydrogen (secondary N) is 2. The van der Waals surface area contributed by atoms with E-state index in [1.54, 1.807) is 31.2 Å². The predicted octanol–water partition coefficient (Wildman–Crippen LogP) is 3.40. The molecule has 0 heterocycles. The number of anilines is 2. The minimum absolute atomic E-state index is 0.0875. The highest BCUT2D eigenvalue weighted by molar-refractivity contribution is 8.01. The summed E-state index contributed by atoms with van der Waals surface area (Å²) >= 11 is 1.18. The Morgan fingerprint density at radius 3 is 2.56 bits per heavy atom. The van der Waals surface area contributed by atoms with Crippen molar-refractivity contribution in [3.63, 3.8) is 0 Å². The highest BCUT2D eigenvalue weighted by Crippen LogP contribution is 2.16. The molecular formula is C18H16FN3O2S. The first-order valence-corrected chi connectivity index (χ1v) is 8.51. The van der Waals surface area contributed by atoms with Crippen molar-refractivity contribution in [2.45, 2.75) is 12.2 Å². The molecule has 0 aliphatic carbocycles. The predicted molar refractivity (Wildman–Crippen MR) is 96.7 cm³/mol. The van der Waals surface area contributed by atoms with Crippen LogP contribution in [0, 0.1) is 17.1 Å². The Bertz CT molecular complexity index is 803. The summed E-state index contributed by atoms with van der Waals surface area (Å²) in [5, 5.41) is 13.7. The van der Waals surface area contributed by atoms with Gasteiger partial charge in [0.1, 0.15) is 5.82 Å². The molecule has 0 saturated carbocycles. The summed E-state index contributed by atoms with van der Waals surface area (Å²) in [4.78, 5) is 24.0. The quantitative estimate of drug-likeness (QED) is 0.830. The van der Waals surface area contributed by atoms with Gasteiger partial charge >= 0.3 is 0 Å². The van der Waals surface area contributed by atoms with E-state index in [1.807, 2.05) is 6.07 Å². The molecule has 0 radical (unpaired) electrons. The Balaban J connectivity index is 1.81. The van der Waals surface area contributed by atoms with Crippen LogP contribution in [-0.2, 0) is 9.59 Å². The second kappa shape index (κ2) is 8.85. The molecule has 2 amide bonds. The number of hydrogen-bond acceptors (Lipinski definition) is 4. The summed E-state index contributed by atoms with van der Waals surface area (Å²) in [6.45, 7) is 1.69. The number of halogens is 1. The number of nitrogens with zero attached hydrogens (tertiary/aromatic N) is 1. The molecule has 5 nitrogen and oxygen atoms in total. The van der Waals surface area contributed by atoms with Crippen LogP contribution >= 0.6 is 11.8 Å². The van der Waals surface area contributed by atoms with Gasteiger partial charge in [-0.2, -0.15) is 5.26 Å². The van der Waals surface area contributed by atoms with Crippen molar-refractivity contribution >= 4 is 35.0 Å². The maximum Gasteiger partial charge on any atom is 0.237 e. The number of carbonyl (C=O) groups excluding carboxylic acids is 2. The van der Waals surface area contributed by atoms with Gasteiger partial charge in [-0.25, -0.2) is 4.39 Å². The van der Waals surface area contributed by atoms with Crippen LogP contribution in [0.25, 0.3) is 0 Å². The van der Waals surface area contributed by atoms with E-state index in [-0.39, 0.29) is 23.4 Å². The number of rotatable bonds is 6. The fraction of sp³-hybridized carbons (Fsp3) is 0.167. The van der Waals surface area contributed by atoms with E-state index in [4.69, 9.17) is 5.26 Å². The summed E-state index contributed by atoms with van der Waals surface area (Å²) in [5.41, 5.74) is 1.49. The lowest BCUT2D eigenvalue weighted by molar-refractivity contribution is -0.115. The number of carbonyl (C=O) groups is 2. The van der Waals surface area contributed by atoms with Crippen molar-refractivity contribution in [2.24, 2.45) is 0 Å². The highest BCUT2D eigenvalue weighted by atomic mass is 32.2. The Kier molecular flexibility index (Phi) is 6.54. The van der Waals surface area contributed by atoms with Crippen LogP contribution in [0.3, 0.4) is 0 Å². The highest BCUT2D eigenvalue weighted by Gasteiger charge is 2.15. The van der Waals surface area contributed by atoms with Gasteiger partial charge in [0.05, 0.1) is 22.6 Å². The molecule has 1 unspecified atom stereocenters. The van der Waals surface area contributed by atoms with Crippen LogP contribution < -0.4 is 10.6 Å². The van der Waals surface area contributed by atoms with Crippen LogP contribution in [0.1, 0.15) is 12.5 Å². The summed E-state index contributed by atoms with van der Waals surface area (Å²) < 4.78 is 12.8. The van der Waals surface area contributed by atoms with Gasteiger partial charge < -0.3 is 10.6 Å². The molecule has 7 heteroatoms. The molecule has 0 spiro atoms. The Morgan fingerprint density at radius 1 is 1.16 bits per heavy atom. The van der Waals surface area contributed by atoms with E-state index in [9.17, 15) is 14.0 Å². The molecule has 0 saturated heterocycles. The van der Waals surface area contributed by atoms with E-state index >= 15 is 0 Å². The molecule has 1 atom stereocenters. The summed E-state index contributed by atoms with van der Waals surface area (Å²) in [5.74, 6) is -0.819. The van der Waals surface area contributed by atoms with Crippen LogP contribution in [0.5, 0.6) is 0 Å². The minimum atomic E-state index is -0.454. The molecule has 2 aromatic carbocycles. The van der Waals surface area contributed by atoms with Gasteiger partial charge in [-0.1, -0.05) is 6.07 Å². The summed E-state index contributed by atoms with van der Waals surface area (Å²) in [6, 6.07) is 14.1. The second-order valence-electron chi connectivity index (χ2n) is 5.19. The third-order valence-corrected chi connectivity index (χ3v) is 4.36. The number of amides is 2. The zero-order valence-electron chi connectivity index (χ0n) is 13.5. The summed E-state index contributed by atoms with van der Waals surface area (Å²) in [6.07, 6.45) is 0. The average Bonchev–Trinajstić information content (AvgIpc) is 2.61. The second-order valence-corrected chi connectivity index (χ2v) is 6.52. The van der Waals surface area contributed by atoms with Crippen molar-refractivity contribution in [3.8, 4) is 6.07 Å². The van der Waals surface area contributed by atoms with Crippen molar-refractivity contribution in [1.82, 2.24) is 0 Å². The molecule has 2 rings (SSSR count). The molecule has 0 fully saturated rings. The van der Waals surface area contributed by atoms with E-state index in [1.165, 1.54) is 36.0 Å². The maximum absolute atomic E-state index is 12.8. The zero-order valence-corrected chi connectivity index (χ0v) is 14.3. The van der Waals surface area contributed by atoms with Crippen molar-refractivity contribution in [1.29, 1.82) is 5.26 Å². The molecule has 128 valence electrons. The molecule has 0 aliphatic rings. The number of benzene rings is 2. The molecule has 0 aliphatic heterocycles. The normalized spacial score (nSPS) is 11.2. The molecule has 0 bridgehead atoms. The van der Waals surface area contributed by atoms with Gasteiger partial charge in [-0.05, 0) is 49.4 Å². The number of nitriles is 1. The lowest BCUT2D eigenvalue weighted by Gasteiger charge is -2.12. The first-order chi connectivity index (χ1) is 12.0. The lowest BCUT2D eigenvalue weighted by atomic mass is 10.2. The molecule has 25 heavy (non-hydrogen) atoms. The van der Waals surface area contributed by atoms with E-state index < -0.39 is 5.25 Å². The molecule has 2 N–H and O–H groups in total. The third-order valence-electron chi connectivity index (χ3n) is 3.22. The van der Waals surface area contributed by atoms with Crippen LogP contribution in [-0.4, -0.2) is 22.8 Å². The Labute approximate surface area is 149 Å². The first-order valence-electron chi connectivity index (χ1n) is 7.46. The van der Waals surface area contributed by atoms with Gasteiger partial charge in [-0.3, -0.25) is 9.59 Å². The van der Waals surface area contributed by atoms with E-state index in [2.05, 4.69) is 10.6 Å². The number of hydrogen-bond donors (Lipinski definition) is 2. The number of thioether (sulfide) groups is 1. The Hall–Kier alpha value is -2.85. The topological polar surface area (TPSA) is 82.0 Å². The van der Waals surface area contributed by atoms with Crippen LogP contribution in [0.15, 0.2) is 48.5 Å². The van der Waals surface area contributed by atoms with Crippen molar-refractivity contribution < 1.29 is 14.0 Å². The lowest BCUT2D eigenvalue weighted by Crippen LogP contribution is -2.25. The SMILES string of the molecule is CC(SCC(=O)Nc1ccc(F)cc1)C(=O)Nc1cccc(C#N)c1. The smallest absolute Gasteiger partial charge is 0.237 e. The molecule has 0 aromatic heterocycles. The van der Waals surface area contributed by atoms with E-state index in [0.29, 0.717) is 16.9 Å². The average molecular weight is 357 g/mol. The maximum atomic E-state index is 12.8. The van der Waals surface area contributed by atoms with Crippen molar-refractivity contribution in [3.05, 3.63) is 59.9 Å². The van der Waals surface area contributed by atoms with Crippen LogP contribution in [0.2, 0.25) is 0 Å². The largest absolute Gasteiger partial charge is 0.325 e. The first kappa shape index (κ1) is 18.5. The van der Waals surface area contributed by atoms with Gasteiger partial charge in [0.25, 0.3) is 0 Å². The Morgan fingerprint density at radius 2 is 1.88 bits per heavy atom. The zero-order chi connectivity index (χ0) is 18.2. The van der Waals surface area contributed by atoms with Crippen LogP contribution in [0.4, 0.5) is 15.8 Å². The third kappa shape index (κ3) is 5.94. The standard InChI is InChI=1S/C18H16FN3O2S/c1-12(18(24)22-16-4-2-3-13(9-16)10-20)25-11-17(23)21-15-7-5-14(19)6-8-15/h2-9,12H,11H2,1H3,(H,21,23)(H,22,24).